The second-order valence-electron chi connectivity index (χ2n) is 4.23. The molecule has 1 aliphatic rings. The minimum absolute atomic E-state index is 0.140. The fourth-order valence-electron chi connectivity index (χ4n) is 1.88. The number of carbonyl (C=O) groups excluding carboxylic acids is 1. The van der Waals surface area contributed by atoms with Gasteiger partial charge in [-0.3, -0.25) is 4.79 Å². The van der Waals surface area contributed by atoms with E-state index in [-0.39, 0.29) is 11.8 Å². The molecule has 2 rings (SSSR count). The fourth-order valence-corrected chi connectivity index (χ4v) is 2.14. The van der Waals surface area contributed by atoms with Crippen LogP contribution >= 0.6 is 15.9 Å². The van der Waals surface area contributed by atoms with Crippen molar-refractivity contribution < 1.29 is 4.79 Å². The second kappa shape index (κ2) is 4.42. The highest BCUT2D eigenvalue weighted by Gasteiger charge is 2.30. The lowest BCUT2D eigenvalue weighted by Gasteiger charge is -2.31. The van der Waals surface area contributed by atoms with Crippen LogP contribution in [0.2, 0.25) is 0 Å². The molecule has 1 aromatic rings. The van der Waals surface area contributed by atoms with Gasteiger partial charge in [-0.1, -0.05) is 28.1 Å². The number of benzene rings is 1. The average molecular weight is 280 g/mol. The molecule has 1 aliphatic carbocycles. The quantitative estimate of drug-likeness (QED) is 0.760. The van der Waals surface area contributed by atoms with Gasteiger partial charge in [0.2, 0.25) is 5.91 Å². The highest BCUT2D eigenvalue weighted by atomic mass is 79.9. The molecule has 3 heteroatoms. The van der Waals surface area contributed by atoms with E-state index in [0.717, 1.165) is 23.0 Å². The highest BCUT2D eigenvalue weighted by Crippen LogP contribution is 2.33. The lowest BCUT2D eigenvalue weighted by Crippen LogP contribution is -2.36. The largest absolute Gasteiger partial charge is 0.315 e. The summed E-state index contributed by atoms with van der Waals surface area (Å²) >= 11 is 3.38. The number of amides is 1. The molecule has 2 nitrogen and oxygen atoms in total. The average Bonchev–Trinajstić information content (AvgIpc) is 2.24. The van der Waals surface area contributed by atoms with Crippen LogP contribution in [0.15, 0.2) is 40.9 Å². The van der Waals surface area contributed by atoms with Crippen LogP contribution in [0.3, 0.4) is 0 Å². The van der Waals surface area contributed by atoms with Crippen molar-refractivity contribution in [2.24, 2.45) is 5.92 Å². The van der Waals surface area contributed by atoms with E-state index in [2.05, 4.69) is 22.5 Å². The van der Waals surface area contributed by atoms with Crippen LogP contribution in [0.25, 0.3) is 0 Å². The van der Waals surface area contributed by atoms with E-state index in [0.29, 0.717) is 0 Å². The first-order valence-electron chi connectivity index (χ1n) is 5.27. The second-order valence-corrected chi connectivity index (χ2v) is 5.14. The van der Waals surface area contributed by atoms with Gasteiger partial charge in [0.05, 0.1) is 0 Å². The third-order valence-corrected chi connectivity index (χ3v) is 3.49. The summed E-state index contributed by atoms with van der Waals surface area (Å²) in [5.41, 5.74) is 2.12. The zero-order chi connectivity index (χ0) is 11.7. The van der Waals surface area contributed by atoms with Gasteiger partial charge < -0.3 is 4.90 Å². The van der Waals surface area contributed by atoms with Crippen LogP contribution < -0.4 is 4.90 Å². The van der Waals surface area contributed by atoms with Crippen molar-refractivity contribution >= 4 is 27.5 Å². The first-order valence-corrected chi connectivity index (χ1v) is 6.07. The smallest absolute Gasteiger partial charge is 0.230 e. The Bertz CT molecular complexity index is 416. The molecule has 0 aromatic heterocycles. The number of nitrogens with zero attached hydrogens (tertiary/aromatic N) is 1. The van der Waals surface area contributed by atoms with Gasteiger partial charge in [0.25, 0.3) is 0 Å². The minimum Gasteiger partial charge on any atom is -0.315 e. The Morgan fingerprint density at radius 1 is 1.38 bits per heavy atom. The summed E-state index contributed by atoms with van der Waals surface area (Å²) in [4.78, 5) is 13.8. The molecular formula is C13H14BrNO. The molecule has 0 heterocycles. The van der Waals surface area contributed by atoms with Crippen LogP contribution in [0.4, 0.5) is 5.69 Å². The molecule has 0 bridgehead atoms. The predicted octanol–water partition coefficient (Wildman–Crippen LogP) is 3.38. The van der Waals surface area contributed by atoms with Gasteiger partial charge in [-0.2, -0.15) is 0 Å². The number of hydrogen-bond donors (Lipinski definition) is 0. The maximum atomic E-state index is 12.0. The number of rotatable bonds is 2. The molecule has 84 valence electrons. The van der Waals surface area contributed by atoms with Crippen molar-refractivity contribution in [1.82, 2.24) is 0 Å². The molecule has 0 unspecified atom stereocenters. The minimum atomic E-state index is 0.140. The summed E-state index contributed by atoms with van der Waals surface area (Å²) in [6.07, 6.45) is 1.69. The van der Waals surface area contributed by atoms with Crippen LogP contribution in [-0.4, -0.2) is 13.0 Å². The van der Waals surface area contributed by atoms with Crippen LogP contribution in [0, 0.1) is 5.92 Å². The van der Waals surface area contributed by atoms with E-state index in [1.807, 2.05) is 31.3 Å². The number of allylic oxidation sites excluding steroid dienone is 1. The van der Waals surface area contributed by atoms with E-state index >= 15 is 0 Å². The molecule has 1 fully saturated rings. The number of hydrogen-bond acceptors (Lipinski definition) is 1. The summed E-state index contributed by atoms with van der Waals surface area (Å²) < 4.78 is 1.02. The van der Waals surface area contributed by atoms with Crippen LogP contribution in [0.5, 0.6) is 0 Å². The predicted molar refractivity (Wildman–Crippen MR) is 69.4 cm³/mol. The van der Waals surface area contributed by atoms with E-state index < -0.39 is 0 Å². The molecule has 0 radical (unpaired) electrons. The summed E-state index contributed by atoms with van der Waals surface area (Å²) in [6, 6.07) is 7.77. The zero-order valence-corrected chi connectivity index (χ0v) is 10.8. The van der Waals surface area contributed by atoms with Crippen LogP contribution in [0.1, 0.15) is 12.8 Å². The third kappa shape index (κ3) is 2.19. The molecule has 1 aromatic carbocycles. The van der Waals surface area contributed by atoms with Gasteiger partial charge in [0, 0.05) is 23.1 Å². The molecular weight excluding hydrogens is 266 g/mol. The SMILES string of the molecule is C=C1CC(C(=O)N(C)c2ccc(Br)cc2)C1. The summed E-state index contributed by atoms with van der Waals surface area (Å²) in [5, 5.41) is 0. The number of anilines is 1. The van der Waals surface area contributed by atoms with Crippen molar-refractivity contribution in [3.63, 3.8) is 0 Å². The molecule has 0 saturated heterocycles. The lowest BCUT2D eigenvalue weighted by molar-refractivity contribution is -0.123. The Labute approximate surface area is 104 Å². The first-order chi connectivity index (χ1) is 7.58. The summed E-state index contributed by atoms with van der Waals surface area (Å²) in [6.45, 7) is 3.86. The molecule has 16 heavy (non-hydrogen) atoms. The fraction of sp³-hybridized carbons (Fsp3) is 0.308. The van der Waals surface area contributed by atoms with E-state index in [1.54, 1.807) is 4.90 Å². The standard InChI is InChI=1S/C13H14BrNO/c1-9-7-10(8-9)13(16)15(2)12-5-3-11(14)4-6-12/h3-6,10H,1,7-8H2,2H3. The number of carbonyl (C=O) groups is 1. The van der Waals surface area contributed by atoms with Gasteiger partial charge >= 0.3 is 0 Å². The lowest BCUT2D eigenvalue weighted by atomic mass is 9.80. The molecule has 0 aliphatic heterocycles. The Morgan fingerprint density at radius 3 is 2.44 bits per heavy atom. The van der Waals surface area contributed by atoms with Gasteiger partial charge in [-0.25, -0.2) is 0 Å². The van der Waals surface area contributed by atoms with Gasteiger partial charge in [-0.05, 0) is 37.1 Å². The Morgan fingerprint density at radius 2 is 1.94 bits per heavy atom. The van der Waals surface area contributed by atoms with E-state index in [4.69, 9.17) is 0 Å². The first kappa shape index (κ1) is 11.4. The van der Waals surface area contributed by atoms with Crippen molar-refractivity contribution in [3.05, 3.63) is 40.9 Å². The third-order valence-electron chi connectivity index (χ3n) is 2.96. The van der Waals surface area contributed by atoms with Crippen molar-refractivity contribution in [3.8, 4) is 0 Å². The Kier molecular flexibility index (Phi) is 3.15. The highest BCUT2D eigenvalue weighted by molar-refractivity contribution is 9.10. The van der Waals surface area contributed by atoms with Gasteiger partial charge in [0.1, 0.15) is 0 Å². The molecule has 0 atom stereocenters. The summed E-state index contributed by atoms with van der Waals surface area (Å²) in [7, 11) is 1.83. The van der Waals surface area contributed by atoms with Gasteiger partial charge in [0.15, 0.2) is 0 Å². The molecule has 1 amide bonds. The normalized spacial score (nSPS) is 15.8. The van der Waals surface area contributed by atoms with E-state index in [9.17, 15) is 4.79 Å². The summed E-state index contributed by atoms with van der Waals surface area (Å²) in [5.74, 6) is 0.330. The van der Waals surface area contributed by atoms with Gasteiger partial charge in [-0.15, -0.1) is 0 Å². The maximum Gasteiger partial charge on any atom is 0.230 e. The Hall–Kier alpha value is -1.09. The zero-order valence-electron chi connectivity index (χ0n) is 9.24. The topological polar surface area (TPSA) is 20.3 Å². The molecule has 0 spiro atoms. The number of halogens is 1. The van der Waals surface area contributed by atoms with Crippen LogP contribution in [-0.2, 0) is 4.79 Å². The van der Waals surface area contributed by atoms with E-state index in [1.165, 1.54) is 5.57 Å². The van der Waals surface area contributed by atoms with Crippen molar-refractivity contribution in [1.29, 1.82) is 0 Å². The van der Waals surface area contributed by atoms with Crippen molar-refractivity contribution in [2.45, 2.75) is 12.8 Å². The maximum absolute atomic E-state index is 12.0. The molecule has 1 saturated carbocycles. The Balaban J connectivity index is 2.07. The van der Waals surface area contributed by atoms with Crippen molar-refractivity contribution in [2.75, 3.05) is 11.9 Å². The molecule has 0 N–H and O–H groups in total. The monoisotopic (exact) mass is 279 g/mol.